The zero-order chi connectivity index (χ0) is 12.2. The van der Waals surface area contributed by atoms with E-state index in [9.17, 15) is 8.78 Å². The number of benzene rings is 1. The third-order valence-corrected chi connectivity index (χ3v) is 2.84. The van der Waals surface area contributed by atoms with Gasteiger partial charge in [0.2, 0.25) is 5.65 Å². The van der Waals surface area contributed by atoms with Gasteiger partial charge in [-0.3, -0.25) is 0 Å². The lowest BCUT2D eigenvalue weighted by molar-refractivity contribution is 0.517. The van der Waals surface area contributed by atoms with Crippen LogP contribution in [0.2, 0.25) is 5.15 Å². The highest BCUT2D eigenvalue weighted by molar-refractivity contribution is 6.35. The number of fused-ring (bicyclic) bond motifs is 3. The van der Waals surface area contributed by atoms with Crippen LogP contribution < -0.4 is 0 Å². The molecule has 0 aliphatic carbocycles. The van der Waals surface area contributed by atoms with Crippen molar-refractivity contribution in [2.75, 3.05) is 0 Å². The summed E-state index contributed by atoms with van der Waals surface area (Å²) in [4.78, 5) is 3.89. The lowest BCUT2D eigenvalue weighted by Crippen LogP contribution is -1.94. The molecular weight excluding hydrogens is 250 g/mol. The summed E-state index contributed by atoms with van der Waals surface area (Å²) < 4.78 is 28.3. The van der Waals surface area contributed by atoms with E-state index in [0.717, 1.165) is 6.07 Å². The zero-order valence-corrected chi connectivity index (χ0v) is 9.33. The van der Waals surface area contributed by atoms with Gasteiger partial charge in [-0.2, -0.15) is 0 Å². The van der Waals surface area contributed by atoms with Crippen LogP contribution in [0.15, 0.2) is 12.1 Å². The first-order chi connectivity index (χ1) is 8.09. The lowest BCUT2D eigenvalue weighted by atomic mass is 10.1. The molecule has 0 aliphatic heterocycles. The average molecular weight is 255 g/mol. The van der Waals surface area contributed by atoms with Gasteiger partial charge in [0.15, 0.2) is 11.6 Å². The van der Waals surface area contributed by atoms with Gasteiger partial charge in [-0.25, -0.2) is 18.4 Å². The van der Waals surface area contributed by atoms with Crippen molar-refractivity contribution >= 4 is 33.5 Å². The van der Waals surface area contributed by atoms with Crippen LogP contribution in [-0.4, -0.2) is 20.0 Å². The molecule has 86 valence electrons. The monoisotopic (exact) mass is 254 g/mol. The van der Waals surface area contributed by atoms with E-state index in [1.54, 1.807) is 7.05 Å². The van der Waals surface area contributed by atoms with E-state index >= 15 is 0 Å². The number of hydrogen-bond acceptors (Lipinski definition) is 3. The van der Waals surface area contributed by atoms with Crippen LogP contribution in [0.4, 0.5) is 8.78 Å². The molecule has 17 heavy (non-hydrogen) atoms. The summed E-state index contributed by atoms with van der Waals surface area (Å²) in [6.07, 6.45) is 0. The Morgan fingerprint density at radius 1 is 1.29 bits per heavy atom. The Bertz CT molecular complexity index is 753. The number of rotatable bonds is 0. The topological polar surface area (TPSA) is 43.6 Å². The minimum Gasteiger partial charge on any atom is -0.245 e. The average Bonchev–Trinajstić information content (AvgIpc) is 2.65. The molecule has 3 aromatic rings. The number of aromatic nitrogens is 4. The van der Waals surface area contributed by atoms with Crippen LogP contribution in [0.1, 0.15) is 0 Å². The fraction of sp³-hybridized carbons (Fsp3) is 0.100. The van der Waals surface area contributed by atoms with Crippen molar-refractivity contribution in [3.8, 4) is 0 Å². The molecule has 0 aliphatic rings. The highest BCUT2D eigenvalue weighted by Gasteiger charge is 2.17. The first-order valence-electron chi connectivity index (χ1n) is 4.72. The highest BCUT2D eigenvalue weighted by atomic mass is 35.5. The lowest BCUT2D eigenvalue weighted by Gasteiger charge is -2.04. The smallest absolute Gasteiger partial charge is 0.203 e. The molecule has 4 nitrogen and oxygen atoms in total. The van der Waals surface area contributed by atoms with Crippen molar-refractivity contribution in [3.63, 3.8) is 0 Å². The highest BCUT2D eigenvalue weighted by Crippen LogP contribution is 2.30. The standard InChI is InChI=1S/C10H5ClF2N4/c1-17-8-4-2-3-5(12)7(13)6(4)9(11)14-10(8)15-16-17/h2-3H,1H3. The molecular formula is C10H5ClF2N4. The summed E-state index contributed by atoms with van der Waals surface area (Å²) in [5, 5.41) is 7.82. The number of aryl methyl sites for hydroxylation is 1. The molecule has 1 aromatic carbocycles. The van der Waals surface area contributed by atoms with Gasteiger partial charge in [0, 0.05) is 12.4 Å². The predicted octanol–water partition coefficient (Wildman–Crippen LogP) is 2.45. The second-order valence-corrected chi connectivity index (χ2v) is 3.93. The van der Waals surface area contributed by atoms with E-state index in [4.69, 9.17) is 11.6 Å². The van der Waals surface area contributed by atoms with E-state index < -0.39 is 11.6 Å². The second-order valence-electron chi connectivity index (χ2n) is 3.57. The summed E-state index contributed by atoms with van der Waals surface area (Å²) in [7, 11) is 1.64. The minimum absolute atomic E-state index is 0.0513. The third kappa shape index (κ3) is 1.30. The van der Waals surface area contributed by atoms with Gasteiger partial charge in [0.05, 0.1) is 5.39 Å². The number of pyridine rings is 1. The molecule has 7 heteroatoms. The Labute approximate surface area is 98.8 Å². The van der Waals surface area contributed by atoms with Gasteiger partial charge in [0.1, 0.15) is 10.7 Å². The molecule has 0 amide bonds. The molecule has 0 saturated heterocycles. The molecule has 0 fully saturated rings. The fourth-order valence-corrected chi connectivity index (χ4v) is 2.08. The Balaban J connectivity index is 2.66. The van der Waals surface area contributed by atoms with Gasteiger partial charge in [-0.05, 0) is 12.1 Å². The van der Waals surface area contributed by atoms with E-state index in [1.165, 1.54) is 10.7 Å². The molecule has 0 spiro atoms. The van der Waals surface area contributed by atoms with Gasteiger partial charge in [0.25, 0.3) is 0 Å². The zero-order valence-electron chi connectivity index (χ0n) is 8.58. The Morgan fingerprint density at radius 3 is 2.82 bits per heavy atom. The summed E-state index contributed by atoms with van der Waals surface area (Å²) >= 11 is 5.83. The van der Waals surface area contributed by atoms with Crippen LogP contribution in [-0.2, 0) is 7.05 Å². The van der Waals surface area contributed by atoms with Gasteiger partial charge in [-0.1, -0.05) is 16.8 Å². The summed E-state index contributed by atoms with van der Waals surface area (Å²) in [5.41, 5.74) is 0.819. The molecule has 0 N–H and O–H groups in total. The first kappa shape index (κ1) is 10.3. The Hall–Kier alpha value is -1.82. The normalized spacial score (nSPS) is 11.5. The molecule has 3 rings (SSSR count). The van der Waals surface area contributed by atoms with Crippen LogP contribution in [0.3, 0.4) is 0 Å². The summed E-state index contributed by atoms with van der Waals surface area (Å²) in [5.74, 6) is -1.97. The summed E-state index contributed by atoms with van der Waals surface area (Å²) in [6, 6.07) is 2.48. The third-order valence-electron chi connectivity index (χ3n) is 2.57. The molecule has 2 heterocycles. The molecule has 0 saturated carbocycles. The van der Waals surface area contributed by atoms with Gasteiger partial charge < -0.3 is 0 Å². The van der Waals surface area contributed by atoms with Crippen molar-refractivity contribution in [1.29, 1.82) is 0 Å². The predicted molar refractivity (Wildman–Crippen MR) is 58.7 cm³/mol. The molecule has 2 aromatic heterocycles. The van der Waals surface area contributed by atoms with Gasteiger partial charge >= 0.3 is 0 Å². The van der Waals surface area contributed by atoms with Crippen molar-refractivity contribution in [3.05, 3.63) is 28.9 Å². The maximum atomic E-state index is 13.7. The molecule has 0 bridgehead atoms. The van der Waals surface area contributed by atoms with Crippen molar-refractivity contribution in [1.82, 2.24) is 20.0 Å². The maximum Gasteiger partial charge on any atom is 0.203 e. The quantitative estimate of drug-likeness (QED) is 0.579. The van der Waals surface area contributed by atoms with Crippen LogP contribution in [0, 0.1) is 11.6 Å². The van der Waals surface area contributed by atoms with Crippen LogP contribution >= 0.6 is 11.6 Å². The fourth-order valence-electron chi connectivity index (χ4n) is 1.81. The van der Waals surface area contributed by atoms with E-state index in [1.807, 2.05) is 0 Å². The number of nitrogens with zero attached hydrogens (tertiary/aromatic N) is 4. The van der Waals surface area contributed by atoms with Crippen molar-refractivity contribution in [2.24, 2.45) is 7.05 Å². The molecule has 0 radical (unpaired) electrons. The van der Waals surface area contributed by atoms with E-state index in [0.29, 0.717) is 16.6 Å². The SMILES string of the molecule is Cn1nnc2nc(Cl)c3c(F)c(F)ccc3c21. The first-order valence-corrected chi connectivity index (χ1v) is 5.10. The van der Waals surface area contributed by atoms with Crippen molar-refractivity contribution in [2.45, 2.75) is 0 Å². The van der Waals surface area contributed by atoms with Crippen LogP contribution in [0.5, 0.6) is 0 Å². The molecule has 0 unspecified atom stereocenters. The second kappa shape index (κ2) is 3.33. The Kier molecular flexibility index (Phi) is 2.03. The maximum absolute atomic E-state index is 13.7. The number of halogens is 3. The largest absolute Gasteiger partial charge is 0.245 e. The number of hydrogen-bond donors (Lipinski definition) is 0. The summed E-state index contributed by atoms with van der Waals surface area (Å²) in [6.45, 7) is 0. The molecule has 0 atom stereocenters. The minimum atomic E-state index is -1.01. The van der Waals surface area contributed by atoms with Crippen molar-refractivity contribution < 1.29 is 8.78 Å². The van der Waals surface area contributed by atoms with E-state index in [-0.39, 0.29) is 10.5 Å². The van der Waals surface area contributed by atoms with Crippen LogP contribution in [0.25, 0.3) is 21.9 Å². The van der Waals surface area contributed by atoms with Gasteiger partial charge in [-0.15, -0.1) is 5.10 Å². The van der Waals surface area contributed by atoms with E-state index in [2.05, 4.69) is 15.3 Å². The Morgan fingerprint density at radius 2 is 2.06 bits per heavy atom.